The molecule has 0 bridgehead atoms. The van der Waals surface area contributed by atoms with Gasteiger partial charge in [0.1, 0.15) is 12.3 Å². The van der Waals surface area contributed by atoms with E-state index in [0.29, 0.717) is 18.2 Å². The van der Waals surface area contributed by atoms with Crippen LogP contribution in [0.25, 0.3) is 5.52 Å². The largest absolute Gasteiger partial charge is 0.474 e. The van der Waals surface area contributed by atoms with Gasteiger partial charge in [0.05, 0.1) is 5.52 Å². The van der Waals surface area contributed by atoms with Gasteiger partial charge in [-0.3, -0.25) is 0 Å². The lowest BCUT2D eigenvalue weighted by Gasteiger charge is -2.09. The minimum absolute atomic E-state index is 0. The molecular formula is C11H17ClN4O. The molecule has 17 heavy (non-hydrogen) atoms. The summed E-state index contributed by atoms with van der Waals surface area (Å²) in [6.45, 7) is 1.42. The summed E-state index contributed by atoms with van der Waals surface area (Å²) >= 11 is 0. The van der Waals surface area contributed by atoms with Gasteiger partial charge in [0, 0.05) is 12.7 Å². The number of hydrogen-bond donors (Lipinski definition) is 1. The number of nitrogens with two attached hydrogens (primary N) is 1. The Hall–Kier alpha value is -1.46. The van der Waals surface area contributed by atoms with E-state index >= 15 is 0 Å². The molecule has 0 aliphatic heterocycles. The molecule has 6 heteroatoms. The van der Waals surface area contributed by atoms with Crippen LogP contribution in [-0.2, 0) is 0 Å². The molecule has 0 aromatic carbocycles. The highest BCUT2D eigenvalue weighted by Crippen LogP contribution is 2.24. The highest BCUT2D eigenvalue weighted by Gasteiger charge is 2.09. The summed E-state index contributed by atoms with van der Waals surface area (Å²) in [6, 6.07) is 5.75. The van der Waals surface area contributed by atoms with Crippen molar-refractivity contribution in [2.45, 2.75) is 0 Å². The first kappa shape index (κ1) is 13.6. The van der Waals surface area contributed by atoms with Crippen molar-refractivity contribution in [2.75, 3.05) is 33.0 Å². The van der Waals surface area contributed by atoms with Gasteiger partial charge in [0.25, 0.3) is 5.88 Å². The van der Waals surface area contributed by atoms with Gasteiger partial charge in [0.2, 0.25) is 0 Å². The molecule has 2 aromatic heterocycles. The van der Waals surface area contributed by atoms with E-state index in [1.54, 1.807) is 4.52 Å². The van der Waals surface area contributed by atoms with Gasteiger partial charge in [-0.2, -0.15) is 0 Å². The van der Waals surface area contributed by atoms with Gasteiger partial charge in [-0.1, -0.05) is 6.07 Å². The highest BCUT2D eigenvalue weighted by molar-refractivity contribution is 5.85. The lowest BCUT2D eigenvalue weighted by molar-refractivity contribution is 0.254. The number of anilines is 1. The smallest absolute Gasteiger partial charge is 0.257 e. The van der Waals surface area contributed by atoms with Crippen molar-refractivity contribution in [3.05, 3.63) is 24.4 Å². The number of rotatable bonds is 4. The molecule has 0 fully saturated rings. The standard InChI is InChI=1S/C11H16N4O.ClH/c1-14(2)7-8-16-11-10(12)9-5-3-4-6-15(9)13-11;/h3-6H,7-8,12H2,1-2H3;1H. The van der Waals surface area contributed by atoms with Gasteiger partial charge >= 0.3 is 0 Å². The maximum absolute atomic E-state index is 5.93. The molecule has 2 rings (SSSR count). The summed E-state index contributed by atoms with van der Waals surface area (Å²) in [5, 5.41) is 4.26. The number of pyridine rings is 1. The van der Waals surface area contributed by atoms with Crippen LogP contribution in [0.4, 0.5) is 5.69 Å². The Morgan fingerprint density at radius 2 is 2.18 bits per heavy atom. The summed E-state index contributed by atoms with van der Waals surface area (Å²) in [4.78, 5) is 2.05. The molecule has 0 atom stereocenters. The number of nitrogen functional groups attached to an aromatic ring is 1. The highest BCUT2D eigenvalue weighted by atomic mass is 35.5. The van der Waals surface area contributed by atoms with Gasteiger partial charge in [-0.15, -0.1) is 17.5 Å². The molecule has 2 heterocycles. The van der Waals surface area contributed by atoms with Crippen LogP contribution in [-0.4, -0.2) is 41.8 Å². The van der Waals surface area contributed by atoms with Crippen molar-refractivity contribution >= 4 is 23.6 Å². The zero-order chi connectivity index (χ0) is 11.5. The van der Waals surface area contributed by atoms with Crippen molar-refractivity contribution < 1.29 is 4.74 Å². The lowest BCUT2D eigenvalue weighted by atomic mass is 10.4. The molecule has 0 aliphatic carbocycles. The van der Waals surface area contributed by atoms with Crippen molar-refractivity contribution in [2.24, 2.45) is 0 Å². The first-order chi connectivity index (χ1) is 7.68. The van der Waals surface area contributed by atoms with Crippen molar-refractivity contribution in [1.29, 1.82) is 0 Å². The minimum Gasteiger partial charge on any atom is -0.474 e. The average molecular weight is 257 g/mol. The van der Waals surface area contributed by atoms with Crippen molar-refractivity contribution in [1.82, 2.24) is 14.5 Å². The monoisotopic (exact) mass is 256 g/mol. The second-order valence-electron chi connectivity index (χ2n) is 3.90. The van der Waals surface area contributed by atoms with Crippen LogP contribution in [0.3, 0.4) is 0 Å². The number of halogens is 1. The summed E-state index contributed by atoms with van der Waals surface area (Å²) in [5.41, 5.74) is 7.41. The van der Waals surface area contributed by atoms with E-state index in [-0.39, 0.29) is 12.4 Å². The third-order valence-corrected chi connectivity index (χ3v) is 2.32. The number of hydrogen-bond acceptors (Lipinski definition) is 4. The second-order valence-corrected chi connectivity index (χ2v) is 3.90. The van der Waals surface area contributed by atoms with E-state index in [2.05, 4.69) is 5.10 Å². The zero-order valence-corrected chi connectivity index (χ0v) is 10.8. The van der Waals surface area contributed by atoms with Crippen LogP contribution in [0.2, 0.25) is 0 Å². The van der Waals surface area contributed by atoms with Crippen LogP contribution in [0.5, 0.6) is 5.88 Å². The molecule has 2 N–H and O–H groups in total. The molecule has 0 unspecified atom stereocenters. The molecule has 0 saturated heterocycles. The zero-order valence-electron chi connectivity index (χ0n) is 9.96. The molecule has 0 aliphatic rings. The Bertz CT molecular complexity index is 483. The molecular weight excluding hydrogens is 240 g/mol. The Balaban J connectivity index is 0.00000144. The van der Waals surface area contributed by atoms with Crippen LogP contribution in [0, 0.1) is 0 Å². The Labute approximate surface area is 107 Å². The first-order valence-corrected chi connectivity index (χ1v) is 5.19. The molecule has 5 nitrogen and oxygen atoms in total. The summed E-state index contributed by atoms with van der Waals surface area (Å²) < 4.78 is 7.26. The van der Waals surface area contributed by atoms with E-state index in [1.165, 1.54) is 0 Å². The SMILES string of the molecule is CN(C)CCOc1nn2ccccc2c1N.Cl. The fourth-order valence-electron chi connectivity index (χ4n) is 1.43. The summed E-state index contributed by atoms with van der Waals surface area (Å²) in [5.74, 6) is 0.507. The van der Waals surface area contributed by atoms with Crippen LogP contribution >= 0.6 is 12.4 Å². The third-order valence-electron chi connectivity index (χ3n) is 2.32. The maximum atomic E-state index is 5.93. The van der Waals surface area contributed by atoms with Gasteiger partial charge in [-0.05, 0) is 26.2 Å². The molecule has 0 saturated carbocycles. The number of nitrogens with zero attached hydrogens (tertiary/aromatic N) is 3. The molecule has 2 aromatic rings. The predicted octanol–water partition coefficient (Wildman–Crippen LogP) is 1.28. The Morgan fingerprint density at radius 3 is 2.82 bits per heavy atom. The molecule has 0 spiro atoms. The molecule has 0 radical (unpaired) electrons. The number of aromatic nitrogens is 2. The van der Waals surface area contributed by atoms with E-state index in [1.807, 2.05) is 43.4 Å². The van der Waals surface area contributed by atoms with E-state index in [4.69, 9.17) is 10.5 Å². The summed E-state index contributed by atoms with van der Waals surface area (Å²) in [7, 11) is 3.99. The van der Waals surface area contributed by atoms with Crippen LogP contribution in [0.1, 0.15) is 0 Å². The lowest BCUT2D eigenvalue weighted by Crippen LogP contribution is -2.19. The van der Waals surface area contributed by atoms with E-state index < -0.39 is 0 Å². The third kappa shape index (κ3) is 3.01. The topological polar surface area (TPSA) is 55.8 Å². The van der Waals surface area contributed by atoms with Gasteiger partial charge in [-0.25, -0.2) is 4.52 Å². The Kier molecular flexibility index (Phi) is 4.60. The van der Waals surface area contributed by atoms with Gasteiger partial charge in [0.15, 0.2) is 0 Å². The number of ether oxygens (including phenoxy) is 1. The number of likely N-dealkylation sites (N-methyl/N-ethyl adjacent to an activating group) is 1. The fraction of sp³-hybridized carbons (Fsp3) is 0.364. The molecule has 94 valence electrons. The van der Waals surface area contributed by atoms with E-state index in [9.17, 15) is 0 Å². The minimum atomic E-state index is 0. The average Bonchev–Trinajstić information content (AvgIpc) is 2.56. The van der Waals surface area contributed by atoms with Crippen LogP contribution in [0.15, 0.2) is 24.4 Å². The van der Waals surface area contributed by atoms with Crippen molar-refractivity contribution in [3.63, 3.8) is 0 Å². The first-order valence-electron chi connectivity index (χ1n) is 5.19. The quantitative estimate of drug-likeness (QED) is 0.895. The predicted molar refractivity (Wildman–Crippen MR) is 70.9 cm³/mol. The molecule has 0 amide bonds. The van der Waals surface area contributed by atoms with E-state index in [0.717, 1.165) is 12.1 Å². The maximum Gasteiger partial charge on any atom is 0.257 e. The van der Waals surface area contributed by atoms with Crippen molar-refractivity contribution in [3.8, 4) is 5.88 Å². The second kappa shape index (κ2) is 5.75. The fourth-order valence-corrected chi connectivity index (χ4v) is 1.43. The normalized spacial score (nSPS) is 10.5. The number of fused-ring (bicyclic) bond motifs is 1. The van der Waals surface area contributed by atoms with Gasteiger partial charge < -0.3 is 15.4 Å². The summed E-state index contributed by atoms with van der Waals surface area (Å²) in [6.07, 6.45) is 1.85. The van der Waals surface area contributed by atoms with Crippen LogP contribution < -0.4 is 10.5 Å². The Morgan fingerprint density at radius 1 is 1.41 bits per heavy atom.